The zero-order valence-electron chi connectivity index (χ0n) is 15.3. The van der Waals surface area contributed by atoms with E-state index in [2.05, 4.69) is 24.0 Å². The summed E-state index contributed by atoms with van der Waals surface area (Å²) in [6.07, 6.45) is 1.63. The number of nitrogens with zero attached hydrogens (tertiary/aromatic N) is 3. The number of carbonyl (C=O) groups is 1. The van der Waals surface area contributed by atoms with Crippen molar-refractivity contribution in [2.24, 2.45) is 5.73 Å². The second kappa shape index (κ2) is 8.63. The third kappa shape index (κ3) is 4.11. The van der Waals surface area contributed by atoms with E-state index in [1.54, 1.807) is 0 Å². The van der Waals surface area contributed by atoms with Gasteiger partial charge in [0.1, 0.15) is 12.4 Å². The standard InChI is InChI=1S/C21H26N4O/c1-2-20-23-18-10-6-7-11-19(18)25(20)16-21(26)24(15-13-22)14-12-17-8-4-3-5-9-17/h3-11H,2,12-16,22H2,1H3. The second-order valence-electron chi connectivity index (χ2n) is 6.36. The zero-order chi connectivity index (χ0) is 18.4. The maximum atomic E-state index is 13.0. The van der Waals surface area contributed by atoms with Crippen LogP contribution < -0.4 is 5.73 Å². The predicted molar refractivity (Wildman–Crippen MR) is 105 cm³/mol. The third-order valence-corrected chi connectivity index (χ3v) is 4.61. The van der Waals surface area contributed by atoms with Gasteiger partial charge in [0.15, 0.2) is 0 Å². The molecule has 0 unspecified atom stereocenters. The molecule has 5 nitrogen and oxygen atoms in total. The number of hydrogen-bond donors (Lipinski definition) is 1. The van der Waals surface area contributed by atoms with Gasteiger partial charge in [0.2, 0.25) is 5.91 Å². The molecule has 2 N–H and O–H groups in total. The number of benzene rings is 2. The van der Waals surface area contributed by atoms with Crippen molar-refractivity contribution in [1.29, 1.82) is 0 Å². The topological polar surface area (TPSA) is 64.2 Å². The van der Waals surface area contributed by atoms with Crippen molar-refractivity contribution in [3.63, 3.8) is 0 Å². The van der Waals surface area contributed by atoms with Crippen molar-refractivity contribution in [3.8, 4) is 0 Å². The minimum absolute atomic E-state index is 0.0873. The van der Waals surface area contributed by atoms with Crippen molar-refractivity contribution in [3.05, 3.63) is 66.0 Å². The molecule has 0 saturated heterocycles. The van der Waals surface area contributed by atoms with Crippen LogP contribution in [0.4, 0.5) is 0 Å². The normalized spacial score (nSPS) is 11.0. The summed E-state index contributed by atoms with van der Waals surface area (Å²) in [6, 6.07) is 18.2. The molecule has 0 spiro atoms. The van der Waals surface area contributed by atoms with Crippen LogP contribution in [0.25, 0.3) is 11.0 Å². The van der Waals surface area contributed by atoms with Gasteiger partial charge in [-0.2, -0.15) is 0 Å². The van der Waals surface area contributed by atoms with E-state index in [-0.39, 0.29) is 5.91 Å². The molecule has 5 heteroatoms. The monoisotopic (exact) mass is 350 g/mol. The zero-order valence-corrected chi connectivity index (χ0v) is 15.3. The lowest BCUT2D eigenvalue weighted by atomic mass is 10.1. The summed E-state index contributed by atoms with van der Waals surface area (Å²) in [5, 5.41) is 0. The number of amides is 1. The van der Waals surface area contributed by atoms with Crippen LogP contribution in [0.5, 0.6) is 0 Å². The maximum absolute atomic E-state index is 13.0. The highest BCUT2D eigenvalue weighted by molar-refractivity contribution is 5.81. The number of imidazole rings is 1. The van der Waals surface area contributed by atoms with Crippen LogP contribution in [0.15, 0.2) is 54.6 Å². The van der Waals surface area contributed by atoms with E-state index in [9.17, 15) is 4.79 Å². The van der Waals surface area contributed by atoms with Crippen LogP contribution in [0.3, 0.4) is 0 Å². The summed E-state index contributed by atoms with van der Waals surface area (Å²) in [4.78, 5) is 19.5. The Morgan fingerprint density at radius 2 is 1.81 bits per heavy atom. The smallest absolute Gasteiger partial charge is 0.242 e. The van der Waals surface area contributed by atoms with Gasteiger partial charge in [-0.15, -0.1) is 0 Å². The first-order valence-corrected chi connectivity index (χ1v) is 9.18. The summed E-state index contributed by atoms with van der Waals surface area (Å²) in [6.45, 7) is 4.08. The summed E-state index contributed by atoms with van der Waals surface area (Å²) in [5.74, 6) is 1.03. The highest BCUT2D eigenvalue weighted by Crippen LogP contribution is 2.17. The highest BCUT2D eigenvalue weighted by Gasteiger charge is 2.17. The molecule has 0 radical (unpaired) electrons. The van der Waals surface area contributed by atoms with Gasteiger partial charge in [-0.25, -0.2) is 4.98 Å². The van der Waals surface area contributed by atoms with E-state index >= 15 is 0 Å². The minimum atomic E-state index is 0.0873. The Morgan fingerprint density at radius 1 is 1.08 bits per heavy atom. The van der Waals surface area contributed by atoms with Gasteiger partial charge in [0, 0.05) is 26.1 Å². The number of nitrogens with two attached hydrogens (primary N) is 1. The van der Waals surface area contributed by atoms with Gasteiger partial charge < -0.3 is 15.2 Å². The molecule has 0 saturated carbocycles. The van der Waals surface area contributed by atoms with Crippen molar-refractivity contribution < 1.29 is 4.79 Å². The molecule has 1 amide bonds. The number of hydrogen-bond acceptors (Lipinski definition) is 3. The van der Waals surface area contributed by atoms with Crippen molar-refractivity contribution in [1.82, 2.24) is 14.5 Å². The first kappa shape index (κ1) is 18.1. The predicted octanol–water partition coefficient (Wildman–Crippen LogP) is 2.63. The molecule has 0 aliphatic rings. The number of para-hydroxylation sites is 2. The lowest BCUT2D eigenvalue weighted by Gasteiger charge is -2.23. The Hall–Kier alpha value is -2.66. The Balaban J connectivity index is 1.75. The fraction of sp³-hybridized carbons (Fsp3) is 0.333. The van der Waals surface area contributed by atoms with E-state index in [0.717, 1.165) is 29.7 Å². The van der Waals surface area contributed by atoms with Gasteiger partial charge >= 0.3 is 0 Å². The van der Waals surface area contributed by atoms with Crippen molar-refractivity contribution >= 4 is 16.9 Å². The number of aromatic nitrogens is 2. The molecule has 1 aromatic heterocycles. The molecule has 0 fully saturated rings. The van der Waals surface area contributed by atoms with E-state index in [1.165, 1.54) is 5.56 Å². The number of aryl methyl sites for hydroxylation is 1. The van der Waals surface area contributed by atoms with E-state index in [4.69, 9.17) is 5.73 Å². The van der Waals surface area contributed by atoms with Crippen LogP contribution in [-0.4, -0.2) is 40.0 Å². The quantitative estimate of drug-likeness (QED) is 0.679. The molecule has 26 heavy (non-hydrogen) atoms. The average molecular weight is 350 g/mol. The molecular weight excluding hydrogens is 324 g/mol. The van der Waals surface area contributed by atoms with Crippen LogP contribution in [0, 0.1) is 0 Å². The van der Waals surface area contributed by atoms with Crippen LogP contribution in [-0.2, 0) is 24.2 Å². The first-order valence-electron chi connectivity index (χ1n) is 9.18. The van der Waals surface area contributed by atoms with Gasteiger partial charge in [0.25, 0.3) is 0 Å². The first-order chi connectivity index (χ1) is 12.7. The lowest BCUT2D eigenvalue weighted by molar-refractivity contribution is -0.131. The van der Waals surface area contributed by atoms with E-state index in [0.29, 0.717) is 26.2 Å². The molecular formula is C21H26N4O. The number of carbonyl (C=O) groups excluding carboxylic acids is 1. The van der Waals surface area contributed by atoms with Gasteiger partial charge in [0.05, 0.1) is 11.0 Å². The molecule has 0 bridgehead atoms. The Kier molecular flexibility index (Phi) is 6.02. The third-order valence-electron chi connectivity index (χ3n) is 4.61. The van der Waals surface area contributed by atoms with Crippen molar-refractivity contribution in [2.45, 2.75) is 26.3 Å². The molecule has 0 aliphatic carbocycles. The molecule has 1 heterocycles. The van der Waals surface area contributed by atoms with Gasteiger partial charge in [-0.05, 0) is 24.1 Å². The second-order valence-corrected chi connectivity index (χ2v) is 6.36. The Morgan fingerprint density at radius 3 is 2.54 bits per heavy atom. The SMILES string of the molecule is CCc1nc2ccccc2n1CC(=O)N(CCN)CCc1ccccc1. The van der Waals surface area contributed by atoms with Gasteiger partial charge in [-0.3, -0.25) is 4.79 Å². The number of rotatable bonds is 8. The lowest BCUT2D eigenvalue weighted by Crippen LogP contribution is -2.39. The molecule has 2 aromatic carbocycles. The molecule has 136 valence electrons. The molecule has 0 atom stereocenters. The summed E-state index contributed by atoms with van der Waals surface area (Å²) >= 11 is 0. The van der Waals surface area contributed by atoms with Crippen molar-refractivity contribution in [2.75, 3.05) is 19.6 Å². The summed E-state index contributed by atoms with van der Waals surface area (Å²) < 4.78 is 2.03. The Labute approximate surface area is 154 Å². The van der Waals surface area contributed by atoms with E-state index in [1.807, 2.05) is 51.9 Å². The molecule has 0 aliphatic heterocycles. The van der Waals surface area contributed by atoms with Crippen LogP contribution in [0.1, 0.15) is 18.3 Å². The van der Waals surface area contributed by atoms with Crippen LogP contribution >= 0.6 is 0 Å². The summed E-state index contributed by atoms with van der Waals surface area (Å²) in [5.41, 5.74) is 8.91. The summed E-state index contributed by atoms with van der Waals surface area (Å²) in [7, 11) is 0. The fourth-order valence-electron chi connectivity index (χ4n) is 3.23. The molecule has 3 rings (SSSR count). The molecule has 3 aromatic rings. The highest BCUT2D eigenvalue weighted by atomic mass is 16.2. The maximum Gasteiger partial charge on any atom is 0.242 e. The van der Waals surface area contributed by atoms with Gasteiger partial charge in [-0.1, -0.05) is 49.4 Å². The van der Waals surface area contributed by atoms with E-state index < -0.39 is 0 Å². The average Bonchev–Trinajstić information content (AvgIpc) is 3.03. The largest absolute Gasteiger partial charge is 0.340 e. The fourth-order valence-corrected chi connectivity index (χ4v) is 3.23. The minimum Gasteiger partial charge on any atom is -0.340 e. The van der Waals surface area contributed by atoms with Crippen LogP contribution in [0.2, 0.25) is 0 Å². The number of fused-ring (bicyclic) bond motifs is 1. The Bertz CT molecular complexity index is 857.